The lowest BCUT2D eigenvalue weighted by atomic mass is 10.2. The number of benzene rings is 1. The number of nitrogens with one attached hydrogen (secondary N) is 1. The molecule has 27 heavy (non-hydrogen) atoms. The van der Waals surface area contributed by atoms with Gasteiger partial charge in [0.2, 0.25) is 5.88 Å². The van der Waals surface area contributed by atoms with Gasteiger partial charge in [-0.2, -0.15) is 13.2 Å². The van der Waals surface area contributed by atoms with E-state index in [4.69, 9.17) is 27.9 Å². The van der Waals surface area contributed by atoms with Gasteiger partial charge in [-0.1, -0.05) is 35.3 Å². The number of aromatic nitrogens is 1. The van der Waals surface area contributed by atoms with Crippen LogP contribution in [0.3, 0.4) is 0 Å². The van der Waals surface area contributed by atoms with Crippen LogP contribution in [-0.2, 0) is 11.3 Å². The van der Waals surface area contributed by atoms with E-state index < -0.39 is 24.8 Å². The van der Waals surface area contributed by atoms with Crippen LogP contribution in [-0.4, -0.2) is 29.8 Å². The molecule has 0 aliphatic rings. The molecule has 1 heterocycles. The zero-order chi connectivity index (χ0) is 20.0. The first-order valence-electron chi connectivity index (χ1n) is 7.69. The molecule has 0 saturated carbocycles. The van der Waals surface area contributed by atoms with Gasteiger partial charge < -0.3 is 14.8 Å². The molecule has 0 radical (unpaired) electrons. The van der Waals surface area contributed by atoms with Crippen molar-refractivity contribution in [2.75, 3.05) is 6.61 Å². The molecule has 0 spiro atoms. The maximum absolute atomic E-state index is 12.3. The Labute approximate surface area is 163 Å². The second-order valence-corrected chi connectivity index (χ2v) is 6.19. The third kappa shape index (κ3) is 6.48. The summed E-state index contributed by atoms with van der Waals surface area (Å²) in [5.74, 6) is -0.472. The second-order valence-electron chi connectivity index (χ2n) is 5.40. The zero-order valence-corrected chi connectivity index (χ0v) is 15.5. The third-order valence-corrected chi connectivity index (χ3v) is 4.07. The summed E-state index contributed by atoms with van der Waals surface area (Å²) in [6, 6.07) is 7.77. The smallest absolute Gasteiger partial charge is 0.422 e. The van der Waals surface area contributed by atoms with Crippen molar-refractivity contribution < 1.29 is 27.4 Å². The van der Waals surface area contributed by atoms with Gasteiger partial charge in [0, 0.05) is 18.3 Å². The standard InChI is InChI=1S/C17H15Cl2F3N2O3/c1-10(27-13-6-2-5-12(18)14(13)19)15(25)24-8-11-4-3-7-23-16(11)26-9-17(20,21)22/h2-7,10H,8-9H2,1H3,(H,24,25)/t10-/m0/s1. The SMILES string of the molecule is C[C@H](Oc1cccc(Cl)c1Cl)C(=O)NCc1cccnc1OCC(F)(F)F. The van der Waals surface area contributed by atoms with Crippen molar-refractivity contribution in [3.8, 4) is 11.6 Å². The fraction of sp³-hybridized carbons (Fsp3) is 0.294. The van der Waals surface area contributed by atoms with E-state index in [-0.39, 0.29) is 28.2 Å². The molecule has 2 aromatic rings. The van der Waals surface area contributed by atoms with Crippen molar-refractivity contribution in [3.05, 3.63) is 52.1 Å². The average molecular weight is 423 g/mol. The summed E-state index contributed by atoms with van der Waals surface area (Å²) in [4.78, 5) is 15.9. The van der Waals surface area contributed by atoms with Crippen LogP contribution in [0.4, 0.5) is 13.2 Å². The number of carbonyl (C=O) groups is 1. The summed E-state index contributed by atoms with van der Waals surface area (Å²) in [5, 5.41) is 3.01. The third-order valence-electron chi connectivity index (χ3n) is 3.26. The van der Waals surface area contributed by atoms with Crippen molar-refractivity contribution in [2.24, 2.45) is 0 Å². The fourth-order valence-electron chi connectivity index (χ4n) is 1.98. The number of hydrogen-bond acceptors (Lipinski definition) is 4. The Morgan fingerprint density at radius 3 is 2.70 bits per heavy atom. The molecule has 146 valence electrons. The molecular weight excluding hydrogens is 408 g/mol. The maximum Gasteiger partial charge on any atom is 0.422 e. The number of hydrogen-bond donors (Lipinski definition) is 1. The van der Waals surface area contributed by atoms with E-state index in [2.05, 4.69) is 15.0 Å². The summed E-state index contributed by atoms with van der Waals surface area (Å²) in [6.45, 7) is -0.0640. The molecular formula is C17H15Cl2F3N2O3. The molecule has 1 N–H and O–H groups in total. The predicted octanol–water partition coefficient (Wildman–Crippen LogP) is 4.41. The van der Waals surface area contributed by atoms with E-state index >= 15 is 0 Å². The molecule has 0 bridgehead atoms. The van der Waals surface area contributed by atoms with Crippen molar-refractivity contribution in [3.63, 3.8) is 0 Å². The van der Waals surface area contributed by atoms with Crippen LogP contribution in [0, 0.1) is 0 Å². The predicted molar refractivity (Wildman–Crippen MR) is 94.2 cm³/mol. The molecule has 0 aliphatic heterocycles. The lowest BCUT2D eigenvalue weighted by molar-refractivity contribution is -0.154. The second kappa shape index (κ2) is 9.14. The van der Waals surface area contributed by atoms with Gasteiger partial charge in [-0.15, -0.1) is 0 Å². The maximum atomic E-state index is 12.3. The Kier molecular flexibility index (Phi) is 7.15. The van der Waals surface area contributed by atoms with E-state index in [0.717, 1.165) is 0 Å². The first kappa shape index (κ1) is 21.1. The Bertz CT molecular complexity index is 803. The number of amides is 1. The summed E-state index contributed by atoms with van der Waals surface area (Å²) in [5.41, 5.74) is 0.295. The topological polar surface area (TPSA) is 60.5 Å². The fourth-order valence-corrected chi connectivity index (χ4v) is 2.32. The molecule has 0 unspecified atom stereocenters. The van der Waals surface area contributed by atoms with E-state index in [1.165, 1.54) is 25.3 Å². The highest BCUT2D eigenvalue weighted by Crippen LogP contribution is 2.32. The van der Waals surface area contributed by atoms with E-state index in [9.17, 15) is 18.0 Å². The van der Waals surface area contributed by atoms with Crippen LogP contribution in [0.2, 0.25) is 10.0 Å². The number of rotatable bonds is 7. The molecule has 10 heteroatoms. The molecule has 1 aromatic carbocycles. The van der Waals surface area contributed by atoms with Crippen molar-refractivity contribution >= 4 is 29.1 Å². The van der Waals surface area contributed by atoms with Crippen molar-refractivity contribution in [1.82, 2.24) is 10.3 Å². The largest absolute Gasteiger partial charge is 0.479 e. The van der Waals surface area contributed by atoms with Crippen LogP contribution < -0.4 is 14.8 Å². The van der Waals surface area contributed by atoms with Crippen LogP contribution >= 0.6 is 23.2 Å². The van der Waals surface area contributed by atoms with Crippen LogP contribution in [0.1, 0.15) is 12.5 Å². The number of alkyl halides is 3. The van der Waals surface area contributed by atoms with Gasteiger partial charge in [-0.25, -0.2) is 4.98 Å². The normalized spacial score (nSPS) is 12.4. The minimum Gasteiger partial charge on any atom is -0.479 e. The zero-order valence-electron chi connectivity index (χ0n) is 14.0. The molecule has 0 aliphatic carbocycles. The molecule has 1 amide bonds. The molecule has 0 saturated heterocycles. The lowest BCUT2D eigenvalue weighted by Crippen LogP contribution is -2.36. The number of pyridine rings is 1. The minimum atomic E-state index is -4.49. The summed E-state index contributed by atoms with van der Waals surface area (Å²) >= 11 is 11.9. The van der Waals surface area contributed by atoms with Gasteiger partial charge in [0.1, 0.15) is 10.8 Å². The Hall–Kier alpha value is -2.19. The number of halogens is 5. The molecule has 0 fully saturated rings. The molecule has 5 nitrogen and oxygen atoms in total. The van der Waals surface area contributed by atoms with E-state index in [0.29, 0.717) is 5.56 Å². The Balaban J connectivity index is 1.96. The monoisotopic (exact) mass is 422 g/mol. The van der Waals surface area contributed by atoms with Crippen LogP contribution in [0.25, 0.3) is 0 Å². The van der Waals surface area contributed by atoms with Gasteiger partial charge in [-0.3, -0.25) is 4.79 Å². The Morgan fingerprint density at radius 1 is 1.26 bits per heavy atom. The summed E-state index contributed by atoms with van der Waals surface area (Å²) < 4.78 is 47.0. The quantitative estimate of drug-likeness (QED) is 0.717. The van der Waals surface area contributed by atoms with Gasteiger partial charge in [0.15, 0.2) is 12.7 Å². The first-order valence-corrected chi connectivity index (χ1v) is 8.45. The van der Waals surface area contributed by atoms with Gasteiger partial charge in [0.25, 0.3) is 5.91 Å². The van der Waals surface area contributed by atoms with Crippen molar-refractivity contribution in [2.45, 2.75) is 25.7 Å². The lowest BCUT2D eigenvalue weighted by Gasteiger charge is -2.17. The highest BCUT2D eigenvalue weighted by Gasteiger charge is 2.29. The molecule has 2 rings (SSSR count). The summed E-state index contributed by atoms with van der Waals surface area (Å²) in [6.07, 6.45) is -4.11. The molecule has 1 atom stereocenters. The van der Waals surface area contributed by atoms with Gasteiger partial charge in [-0.05, 0) is 25.1 Å². The summed E-state index contributed by atoms with van der Waals surface area (Å²) in [7, 11) is 0. The van der Waals surface area contributed by atoms with Crippen LogP contribution in [0.5, 0.6) is 11.6 Å². The van der Waals surface area contributed by atoms with Gasteiger partial charge in [0.05, 0.1) is 5.02 Å². The van der Waals surface area contributed by atoms with Crippen molar-refractivity contribution in [1.29, 1.82) is 0 Å². The van der Waals surface area contributed by atoms with E-state index in [1.54, 1.807) is 18.2 Å². The molecule has 1 aromatic heterocycles. The Morgan fingerprint density at radius 2 is 2.00 bits per heavy atom. The van der Waals surface area contributed by atoms with Gasteiger partial charge >= 0.3 is 6.18 Å². The highest BCUT2D eigenvalue weighted by atomic mass is 35.5. The number of nitrogens with zero attached hydrogens (tertiary/aromatic N) is 1. The first-order chi connectivity index (χ1) is 12.7. The highest BCUT2D eigenvalue weighted by molar-refractivity contribution is 6.42. The minimum absolute atomic E-state index is 0.0865. The van der Waals surface area contributed by atoms with E-state index in [1.807, 2.05) is 0 Å². The average Bonchev–Trinajstić information content (AvgIpc) is 2.61. The number of carbonyl (C=O) groups excluding carboxylic acids is 1. The number of ether oxygens (including phenoxy) is 2. The van der Waals surface area contributed by atoms with Crippen LogP contribution in [0.15, 0.2) is 36.5 Å².